The molecular weight excluding hydrogens is 208 g/mol. The number of rotatable bonds is 5. The van der Waals surface area contributed by atoms with E-state index in [1.807, 2.05) is 0 Å². The number of hydrogen-bond donors (Lipinski definition) is 2. The van der Waals surface area contributed by atoms with Crippen LogP contribution in [-0.2, 0) is 0 Å². The lowest BCUT2D eigenvalue weighted by Crippen LogP contribution is -2.44. The van der Waals surface area contributed by atoms with Crippen molar-refractivity contribution in [2.75, 3.05) is 6.54 Å². The van der Waals surface area contributed by atoms with E-state index in [0.717, 1.165) is 12.8 Å². The summed E-state index contributed by atoms with van der Waals surface area (Å²) < 4.78 is 0. The van der Waals surface area contributed by atoms with Gasteiger partial charge < -0.3 is 11.1 Å². The van der Waals surface area contributed by atoms with Crippen molar-refractivity contribution in [3.63, 3.8) is 0 Å². The highest BCUT2D eigenvalue weighted by molar-refractivity contribution is 5.21. The average molecular weight is 230 g/mol. The molecule has 0 saturated heterocycles. The topological polar surface area (TPSA) is 38.0 Å². The average Bonchev–Trinajstić information content (AvgIpc) is 2.89. The van der Waals surface area contributed by atoms with Gasteiger partial charge in [-0.25, -0.2) is 0 Å². The molecule has 0 saturated carbocycles. The minimum absolute atomic E-state index is 0.363. The second-order valence-electron chi connectivity index (χ2n) is 4.85. The Labute approximate surface area is 104 Å². The molecule has 92 valence electrons. The van der Waals surface area contributed by atoms with Crippen LogP contribution in [0.15, 0.2) is 42.5 Å². The molecule has 0 bridgehead atoms. The zero-order valence-corrected chi connectivity index (χ0v) is 10.5. The lowest BCUT2D eigenvalue weighted by Gasteiger charge is -2.27. The molecule has 2 unspecified atom stereocenters. The van der Waals surface area contributed by atoms with E-state index in [1.165, 1.54) is 5.56 Å². The van der Waals surface area contributed by atoms with Gasteiger partial charge in [-0.05, 0) is 24.3 Å². The Kier molecular flexibility index (Phi) is 4.35. The smallest absolute Gasteiger partial charge is 0.0259 e. The maximum Gasteiger partial charge on any atom is 0.0259 e. The molecule has 0 aromatic heterocycles. The molecule has 2 heteroatoms. The van der Waals surface area contributed by atoms with Gasteiger partial charge in [0.05, 0.1) is 0 Å². The van der Waals surface area contributed by atoms with Gasteiger partial charge in [0.25, 0.3) is 0 Å². The molecule has 17 heavy (non-hydrogen) atoms. The second kappa shape index (κ2) is 5.99. The molecule has 0 fully saturated rings. The maximum atomic E-state index is 5.91. The fourth-order valence-corrected chi connectivity index (χ4v) is 2.46. The van der Waals surface area contributed by atoms with Crippen LogP contribution >= 0.6 is 0 Å². The molecule has 2 atom stereocenters. The molecule has 1 aliphatic rings. The number of nitrogens with one attached hydrogen (secondary N) is 1. The molecular formula is C15H22N2. The SMILES string of the molecule is CC(c1ccccc1)C(CN)NC1CC=CC1. The zero-order chi connectivity index (χ0) is 12.1. The first kappa shape index (κ1) is 12.3. The quantitative estimate of drug-likeness (QED) is 0.762. The Morgan fingerprint density at radius 1 is 1.24 bits per heavy atom. The predicted molar refractivity (Wildman–Crippen MR) is 73.0 cm³/mol. The summed E-state index contributed by atoms with van der Waals surface area (Å²) >= 11 is 0. The van der Waals surface area contributed by atoms with Gasteiger partial charge in [0.15, 0.2) is 0 Å². The van der Waals surface area contributed by atoms with Crippen molar-refractivity contribution in [3.8, 4) is 0 Å². The lowest BCUT2D eigenvalue weighted by atomic mass is 9.92. The van der Waals surface area contributed by atoms with E-state index in [0.29, 0.717) is 24.5 Å². The van der Waals surface area contributed by atoms with Gasteiger partial charge >= 0.3 is 0 Å². The van der Waals surface area contributed by atoms with Gasteiger partial charge in [0, 0.05) is 18.6 Å². The van der Waals surface area contributed by atoms with Crippen molar-refractivity contribution < 1.29 is 0 Å². The van der Waals surface area contributed by atoms with Crippen LogP contribution in [0, 0.1) is 0 Å². The fourth-order valence-electron chi connectivity index (χ4n) is 2.46. The van der Waals surface area contributed by atoms with E-state index in [4.69, 9.17) is 5.73 Å². The van der Waals surface area contributed by atoms with Crippen molar-refractivity contribution >= 4 is 0 Å². The van der Waals surface area contributed by atoms with Crippen molar-refractivity contribution in [1.29, 1.82) is 0 Å². The summed E-state index contributed by atoms with van der Waals surface area (Å²) in [6, 6.07) is 11.6. The third kappa shape index (κ3) is 3.18. The number of hydrogen-bond acceptors (Lipinski definition) is 2. The van der Waals surface area contributed by atoms with E-state index >= 15 is 0 Å². The van der Waals surface area contributed by atoms with Crippen LogP contribution < -0.4 is 11.1 Å². The summed E-state index contributed by atoms with van der Waals surface area (Å²) in [6.07, 6.45) is 6.77. The Morgan fingerprint density at radius 2 is 1.88 bits per heavy atom. The van der Waals surface area contributed by atoms with Crippen molar-refractivity contribution in [2.24, 2.45) is 5.73 Å². The van der Waals surface area contributed by atoms with Crippen LogP contribution in [0.25, 0.3) is 0 Å². The molecule has 3 N–H and O–H groups in total. The Morgan fingerprint density at radius 3 is 2.47 bits per heavy atom. The van der Waals surface area contributed by atoms with Gasteiger partial charge in [-0.1, -0.05) is 49.4 Å². The van der Waals surface area contributed by atoms with Gasteiger partial charge in [-0.2, -0.15) is 0 Å². The molecule has 2 nitrogen and oxygen atoms in total. The van der Waals surface area contributed by atoms with Gasteiger partial charge in [-0.15, -0.1) is 0 Å². The highest BCUT2D eigenvalue weighted by Crippen LogP contribution is 2.20. The fraction of sp³-hybridized carbons (Fsp3) is 0.467. The molecule has 1 aromatic rings. The molecule has 0 amide bonds. The van der Waals surface area contributed by atoms with E-state index in [9.17, 15) is 0 Å². The molecule has 0 radical (unpaired) electrons. The molecule has 0 heterocycles. The van der Waals surface area contributed by atoms with Crippen LogP contribution in [0.4, 0.5) is 0 Å². The minimum atomic E-state index is 0.363. The first-order valence-electron chi connectivity index (χ1n) is 6.47. The lowest BCUT2D eigenvalue weighted by molar-refractivity contribution is 0.400. The zero-order valence-electron chi connectivity index (χ0n) is 10.5. The standard InChI is InChI=1S/C15H22N2/c1-12(13-7-3-2-4-8-13)15(11-16)17-14-9-5-6-10-14/h2-8,12,14-15,17H,9-11,16H2,1H3. The van der Waals surface area contributed by atoms with Gasteiger partial charge in [0.1, 0.15) is 0 Å². The van der Waals surface area contributed by atoms with Crippen molar-refractivity contribution in [2.45, 2.75) is 37.8 Å². The van der Waals surface area contributed by atoms with Crippen LogP contribution in [-0.4, -0.2) is 18.6 Å². The molecule has 1 aliphatic carbocycles. The van der Waals surface area contributed by atoms with Crippen LogP contribution in [0.2, 0.25) is 0 Å². The largest absolute Gasteiger partial charge is 0.329 e. The third-order valence-electron chi connectivity index (χ3n) is 3.64. The van der Waals surface area contributed by atoms with Crippen molar-refractivity contribution in [3.05, 3.63) is 48.0 Å². The summed E-state index contributed by atoms with van der Waals surface area (Å²) in [7, 11) is 0. The monoisotopic (exact) mass is 230 g/mol. The third-order valence-corrected chi connectivity index (χ3v) is 3.64. The number of benzene rings is 1. The highest BCUT2D eigenvalue weighted by Gasteiger charge is 2.21. The summed E-state index contributed by atoms with van der Waals surface area (Å²) in [4.78, 5) is 0. The predicted octanol–water partition coefficient (Wildman–Crippen LogP) is 2.43. The van der Waals surface area contributed by atoms with E-state index in [1.54, 1.807) is 0 Å². The van der Waals surface area contributed by atoms with Crippen LogP contribution in [0.5, 0.6) is 0 Å². The first-order valence-corrected chi connectivity index (χ1v) is 6.47. The molecule has 0 spiro atoms. The highest BCUT2D eigenvalue weighted by atomic mass is 15.0. The minimum Gasteiger partial charge on any atom is -0.329 e. The van der Waals surface area contributed by atoms with E-state index < -0.39 is 0 Å². The molecule has 2 rings (SSSR count). The van der Waals surface area contributed by atoms with E-state index in [2.05, 4.69) is 54.7 Å². The second-order valence-corrected chi connectivity index (χ2v) is 4.85. The normalized spacial score (nSPS) is 19.4. The van der Waals surface area contributed by atoms with Crippen LogP contribution in [0.1, 0.15) is 31.2 Å². The van der Waals surface area contributed by atoms with Crippen molar-refractivity contribution in [1.82, 2.24) is 5.32 Å². The van der Waals surface area contributed by atoms with Crippen LogP contribution in [0.3, 0.4) is 0 Å². The van der Waals surface area contributed by atoms with E-state index in [-0.39, 0.29) is 0 Å². The summed E-state index contributed by atoms with van der Waals surface area (Å²) in [6.45, 7) is 2.94. The molecule has 0 aliphatic heterocycles. The Bertz CT molecular complexity index is 350. The van der Waals surface area contributed by atoms with Gasteiger partial charge in [-0.3, -0.25) is 0 Å². The summed E-state index contributed by atoms with van der Waals surface area (Å²) in [5.41, 5.74) is 7.27. The summed E-state index contributed by atoms with van der Waals surface area (Å²) in [5, 5.41) is 3.68. The number of nitrogens with two attached hydrogens (primary N) is 1. The van der Waals surface area contributed by atoms with Gasteiger partial charge in [0.2, 0.25) is 0 Å². The molecule has 1 aromatic carbocycles. The Hall–Kier alpha value is -1.12. The first-order chi connectivity index (χ1) is 8.31. The Balaban J connectivity index is 1.97. The summed E-state index contributed by atoms with van der Waals surface area (Å²) in [5.74, 6) is 0.460. The maximum absolute atomic E-state index is 5.91.